The molecule has 1 atom stereocenters. The first kappa shape index (κ1) is 16.9. The van der Waals surface area contributed by atoms with E-state index in [0.717, 1.165) is 0 Å². The summed E-state index contributed by atoms with van der Waals surface area (Å²) in [6, 6.07) is 4.27. The van der Waals surface area contributed by atoms with Crippen LogP contribution in [0.1, 0.15) is 13.3 Å². The van der Waals surface area contributed by atoms with Gasteiger partial charge >= 0.3 is 6.03 Å². The second-order valence-electron chi connectivity index (χ2n) is 5.12. The third kappa shape index (κ3) is 3.84. The van der Waals surface area contributed by atoms with Gasteiger partial charge in [0.15, 0.2) is 9.84 Å². The zero-order valence-electron chi connectivity index (χ0n) is 12.5. The van der Waals surface area contributed by atoms with Gasteiger partial charge in [-0.3, -0.25) is 0 Å². The Labute approximate surface area is 135 Å². The minimum absolute atomic E-state index is 0.0148. The average molecular weight is 347 g/mol. The van der Waals surface area contributed by atoms with E-state index in [0.29, 0.717) is 29.4 Å². The Morgan fingerprint density at radius 2 is 2.23 bits per heavy atom. The normalized spacial score (nSPS) is 19.7. The quantitative estimate of drug-likeness (QED) is 0.908. The molecule has 0 saturated carbocycles. The van der Waals surface area contributed by atoms with E-state index in [1.165, 1.54) is 12.0 Å². The largest absolute Gasteiger partial charge is 0.495 e. The first-order valence-electron chi connectivity index (χ1n) is 6.98. The number of methoxy groups -OCH3 is 1. The van der Waals surface area contributed by atoms with Gasteiger partial charge < -0.3 is 15.0 Å². The minimum Gasteiger partial charge on any atom is -0.495 e. The number of carbonyl (C=O) groups excluding carboxylic acids is 1. The standard InChI is InChI=1S/C14H19ClN2O4S/c1-3-17(11-6-7-22(19,20)9-11)14(18)16-12-8-10(15)4-5-13(12)21-2/h4-5,8,11H,3,6-7,9H2,1-2H3,(H,16,18). The summed E-state index contributed by atoms with van der Waals surface area (Å²) in [5.41, 5.74) is 0.458. The lowest BCUT2D eigenvalue weighted by atomic mass is 10.2. The van der Waals surface area contributed by atoms with Crippen LogP contribution in [0, 0.1) is 0 Å². The summed E-state index contributed by atoms with van der Waals surface area (Å²) in [6.07, 6.45) is 0.469. The molecule has 6 nitrogen and oxygen atoms in total. The maximum absolute atomic E-state index is 12.4. The van der Waals surface area contributed by atoms with Crippen LogP contribution in [0.2, 0.25) is 5.02 Å². The van der Waals surface area contributed by atoms with Crippen LogP contribution in [0.15, 0.2) is 18.2 Å². The molecule has 1 aliphatic heterocycles. The summed E-state index contributed by atoms with van der Waals surface area (Å²) < 4.78 is 28.4. The van der Waals surface area contributed by atoms with Crippen LogP contribution >= 0.6 is 11.6 Å². The number of amides is 2. The molecule has 1 N–H and O–H groups in total. The number of carbonyl (C=O) groups is 1. The molecule has 0 spiro atoms. The van der Waals surface area contributed by atoms with Gasteiger partial charge in [0, 0.05) is 17.6 Å². The molecule has 22 heavy (non-hydrogen) atoms. The fourth-order valence-electron chi connectivity index (χ4n) is 2.55. The highest BCUT2D eigenvalue weighted by atomic mass is 35.5. The van der Waals surface area contributed by atoms with Crippen LogP contribution in [0.25, 0.3) is 0 Å². The van der Waals surface area contributed by atoms with Gasteiger partial charge in [-0.2, -0.15) is 0 Å². The number of nitrogens with one attached hydrogen (secondary N) is 1. The second kappa shape index (κ2) is 6.75. The topological polar surface area (TPSA) is 75.7 Å². The van der Waals surface area contributed by atoms with Gasteiger partial charge in [0.1, 0.15) is 5.75 Å². The van der Waals surface area contributed by atoms with E-state index in [-0.39, 0.29) is 23.6 Å². The zero-order chi connectivity index (χ0) is 16.3. The molecule has 1 aromatic rings. The monoisotopic (exact) mass is 346 g/mol. The van der Waals surface area contributed by atoms with E-state index in [4.69, 9.17) is 16.3 Å². The van der Waals surface area contributed by atoms with Crippen LogP contribution in [-0.2, 0) is 9.84 Å². The fourth-order valence-corrected chi connectivity index (χ4v) is 4.46. The smallest absolute Gasteiger partial charge is 0.322 e. The molecule has 1 heterocycles. The number of hydrogen-bond donors (Lipinski definition) is 1. The van der Waals surface area contributed by atoms with Crippen molar-refractivity contribution in [3.63, 3.8) is 0 Å². The van der Waals surface area contributed by atoms with Crippen molar-refractivity contribution in [3.8, 4) is 5.75 Å². The summed E-state index contributed by atoms with van der Waals surface area (Å²) in [5.74, 6) is 0.635. The molecule has 1 unspecified atom stereocenters. The number of nitrogens with zero attached hydrogens (tertiary/aromatic N) is 1. The van der Waals surface area contributed by atoms with Crippen molar-refractivity contribution in [1.82, 2.24) is 4.90 Å². The Balaban J connectivity index is 2.15. The molecule has 2 rings (SSSR count). The van der Waals surface area contributed by atoms with Crippen LogP contribution in [0.4, 0.5) is 10.5 Å². The van der Waals surface area contributed by atoms with Gasteiger partial charge in [0.25, 0.3) is 0 Å². The highest BCUT2D eigenvalue weighted by Gasteiger charge is 2.34. The number of hydrogen-bond acceptors (Lipinski definition) is 4. The van der Waals surface area contributed by atoms with Crippen molar-refractivity contribution in [2.45, 2.75) is 19.4 Å². The van der Waals surface area contributed by atoms with Crippen LogP contribution in [-0.4, -0.2) is 50.6 Å². The van der Waals surface area contributed by atoms with Crippen LogP contribution in [0.5, 0.6) is 5.75 Å². The van der Waals surface area contributed by atoms with Gasteiger partial charge in [-0.15, -0.1) is 0 Å². The Hall–Kier alpha value is -1.47. The number of urea groups is 1. The van der Waals surface area contributed by atoms with E-state index in [1.54, 1.807) is 18.2 Å². The van der Waals surface area contributed by atoms with Crippen molar-refractivity contribution in [1.29, 1.82) is 0 Å². The van der Waals surface area contributed by atoms with Crippen molar-refractivity contribution in [2.24, 2.45) is 0 Å². The van der Waals surface area contributed by atoms with Crippen molar-refractivity contribution < 1.29 is 17.9 Å². The van der Waals surface area contributed by atoms with Crippen LogP contribution < -0.4 is 10.1 Å². The molecular formula is C14H19ClN2O4S. The predicted molar refractivity (Wildman–Crippen MR) is 86.5 cm³/mol. The molecule has 1 fully saturated rings. The number of anilines is 1. The van der Waals surface area contributed by atoms with Crippen molar-refractivity contribution in [2.75, 3.05) is 30.5 Å². The first-order chi connectivity index (χ1) is 10.4. The van der Waals surface area contributed by atoms with E-state index in [1.807, 2.05) is 6.92 Å². The number of ether oxygens (including phenoxy) is 1. The summed E-state index contributed by atoms with van der Waals surface area (Å²) >= 11 is 5.94. The third-order valence-electron chi connectivity index (χ3n) is 3.65. The lowest BCUT2D eigenvalue weighted by Gasteiger charge is -2.27. The van der Waals surface area contributed by atoms with Crippen molar-refractivity contribution in [3.05, 3.63) is 23.2 Å². The summed E-state index contributed by atoms with van der Waals surface area (Å²) in [5, 5.41) is 3.21. The number of rotatable bonds is 4. The van der Waals surface area contributed by atoms with E-state index in [2.05, 4.69) is 5.32 Å². The Kier molecular flexibility index (Phi) is 5.18. The molecule has 8 heteroatoms. The molecule has 1 saturated heterocycles. The maximum atomic E-state index is 12.4. The lowest BCUT2D eigenvalue weighted by Crippen LogP contribution is -2.43. The molecule has 122 valence electrons. The Morgan fingerprint density at radius 1 is 1.50 bits per heavy atom. The van der Waals surface area contributed by atoms with Crippen LogP contribution in [0.3, 0.4) is 0 Å². The molecule has 1 aliphatic rings. The zero-order valence-corrected chi connectivity index (χ0v) is 14.1. The molecule has 0 aliphatic carbocycles. The van der Waals surface area contributed by atoms with Crippen molar-refractivity contribution >= 4 is 33.2 Å². The molecule has 2 amide bonds. The molecule has 0 aromatic heterocycles. The second-order valence-corrected chi connectivity index (χ2v) is 7.78. The Bertz CT molecular complexity index is 663. The van der Waals surface area contributed by atoms with E-state index < -0.39 is 9.84 Å². The number of halogens is 1. The number of benzene rings is 1. The Morgan fingerprint density at radius 3 is 2.77 bits per heavy atom. The van der Waals surface area contributed by atoms with Gasteiger partial charge in [0.05, 0.1) is 24.3 Å². The maximum Gasteiger partial charge on any atom is 0.322 e. The van der Waals surface area contributed by atoms with E-state index >= 15 is 0 Å². The van der Waals surface area contributed by atoms with Gasteiger partial charge in [-0.05, 0) is 31.5 Å². The lowest BCUT2D eigenvalue weighted by molar-refractivity contribution is 0.197. The first-order valence-corrected chi connectivity index (χ1v) is 9.18. The molecule has 0 radical (unpaired) electrons. The average Bonchev–Trinajstić information content (AvgIpc) is 2.80. The SMILES string of the molecule is CCN(C(=O)Nc1cc(Cl)ccc1OC)C1CCS(=O)(=O)C1. The molecule has 0 bridgehead atoms. The van der Waals surface area contributed by atoms with Gasteiger partial charge in [0.2, 0.25) is 0 Å². The van der Waals surface area contributed by atoms with Gasteiger partial charge in [-0.1, -0.05) is 11.6 Å². The number of sulfone groups is 1. The molecule has 1 aromatic carbocycles. The van der Waals surface area contributed by atoms with Gasteiger partial charge in [-0.25, -0.2) is 13.2 Å². The third-order valence-corrected chi connectivity index (χ3v) is 5.64. The summed E-state index contributed by atoms with van der Waals surface area (Å²) in [7, 11) is -1.54. The summed E-state index contributed by atoms with van der Waals surface area (Å²) in [4.78, 5) is 14.0. The highest BCUT2D eigenvalue weighted by molar-refractivity contribution is 7.91. The fraction of sp³-hybridized carbons (Fsp3) is 0.500. The predicted octanol–water partition coefficient (Wildman–Crippen LogP) is 2.39. The minimum atomic E-state index is -3.04. The van der Waals surface area contributed by atoms with E-state index in [9.17, 15) is 13.2 Å². The summed E-state index contributed by atoms with van der Waals surface area (Å²) in [6.45, 7) is 2.24. The molecular weight excluding hydrogens is 328 g/mol. The highest BCUT2D eigenvalue weighted by Crippen LogP contribution is 2.28.